The molecule has 0 saturated heterocycles. The largest absolute Gasteiger partial charge is 0.494 e. The first-order valence-corrected chi connectivity index (χ1v) is 5.58. The van der Waals surface area contributed by atoms with Gasteiger partial charge in [0.1, 0.15) is 5.75 Å². The van der Waals surface area contributed by atoms with E-state index in [-0.39, 0.29) is 0 Å². The third kappa shape index (κ3) is 4.37. The zero-order valence-corrected chi connectivity index (χ0v) is 10.6. The van der Waals surface area contributed by atoms with Crippen LogP contribution in [0.1, 0.15) is 38.3 Å². The second-order valence-corrected chi connectivity index (χ2v) is 5.41. The maximum absolute atomic E-state index is 5.72. The molecule has 0 aromatic heterocycles. The van der Waals surface area contributed by atoms with Gasteiger partial charge in [-0.15, -0.1) is 0 Å². The summed E-state index contributed by atoms with van der Waals surface area (Å²) >= 11 is 0. The summed E-state index contributed by atoms with van der Waals surface area (Å²) in [4.78, 5) is 0. The van der Waals surface area contributed by atoms with Crippen molar-refractivity contribution in [1.29, 1.82) is 0 Å². The summed E-state index contributed by atoms with van der Waals surface area (Å²) < 4.78 is 5.72. The van der Waals surface area contributed by atoms with Gasteiger partial charge in [-0.05, 0) is 48.9 Å². The number of rotatable bonds is 3. The summed E-state index contributed by atoms with van der Waals surface area (Å²) in [6.07, 6.45) is 1.08. The van der Waals surface area contributed by atoms with E-state index in [1.165, 1.54) is 11.1 Å². The molecule has 84 valence electrons. The van der Waals surface area contributed by atoms with Crippen molar-refractivity contribution in [2.75, 3.05) is 6.61 Å². The van der Waals surface area contributed by atoms with Gasteiger partial charge in [0.15, 0.2) is 0 Å². The normalized spacial score (nSPS) is 11.5. The number of benzene rings is 1. The standard InChI is InChI=1S/C14H22O/c1-11-6-7-13(10-12(11)2)15-9-8-14(3,4)5/h6-7,10H,8-9H2,1-5H3. The van der Waals surface area contributed by atoms with Gasteiger partial charge >= 0.3 is 0 Å². The Labute approximate surface area is 93.5 Å². The molecule has 15 heavy (non-hydrogen) atoms. The Morgan fingerprint density at radius 1 is 1.07 bits per heavy atom. The second kappa shape index (κ2) is 4.69. The van der Waals surface area contributed by atoms with Crippen molar-refractivity contribution in [3.05, 3.63) is 29.3 Å². The van der Waals surface area contributed by atoms with Crippen molar-refractivity contribution in [3.8, 4) is 5.75 Å². The summed E-state index contributed by atoms with van der Waals surface area (Å²) in [5.74, 6) is 0.988. The van der Waals surface area contributed by atoms with Crippen LogP contribution in [0, 0.1) is 19.3 Å². The molecule has 0 aliphatic heterocycles. The van der Waals surface area contributed by atoms with Gasteiger partial charge in [0, 0.05) is 0 Å². The first-order valence-electron chi connectivity index (χ1n) is 5.58. The molecule has 0 N–H and O–H groups in total. The fourth-order valence-electron chi connectivity index (χ4n) is 1.28. The van der Waals surface area contributed by atoms with Crippen molar-refractivity contribution >= 4 is 0 Å². The van der Waals surface area contributed by atoms with E-state index in [4.69, 9.17) is 4.74 Å². The maximum atomic E-state index is 5.72. The molecule has 0 bridgehead atoms. The predicted octanol–water partition coefficient (Wildman–Crippen LogP) is 4.12. The Morgan fingerprint density at radius 2 is 1.73 bits per heavy atom. The van der Waals surface area contributed by atoms with Crippen molar-refractivity contribution in [3.63, 3.8) is 0 Å². The van der Waals surface area contributed by atoms with Crippen LogP contribution in [0.3, 0.4) is 0 Å². The molecule has 0 unspecified atom stereocenters. The molecule has 0 radical (unpaired) electrons. The zero-order chi connectivity index (χ0) is 11.5. The molecule has 0 aliphatic carbocycles. The van der Waals surface area contributed by atoms with Crippen LogP contribution in [-0.4, -0.2) is 6.61 Å². The SMILES string of the molecule is Cc1ccc(OCCC(C)(C)C)cc1C. The van der Waals surface area contributed by atoms with E-state index in [0.717, 1.165) is 18.8 Å². The third-order valence-corrected chi connectivity index (χ3v) is 2.60. The van der Waals surface area contributed by atoms with E-state index in [0.29, 0.717) is 5.41 Å². The maximum Gasteiger partial charge on any atom is 0.119 e. The van der Waals surface area contributed by atoms with E-state index in [9.17, 15) is 0 Å². The fraction of sp³-hybridized carbons (Fsp3) is 0.571. The lowest BCUT2D eigenvalue weighted by atomic mass is 9.93. The first kappa shape index (κ1) is 12.1. The second-order valence-electron chi connectivity index (χ2n) is 5.41. The Morgan fingerprint density at radius 3 is 2.27 bits per heavy atom. The molecular formula is C14H22O. The van der Waals surface area contributed by atoms with Crippen molar-refractivity contribution in [1.82, 2.24) is 0 Å². The summed E-state index contributed by atoms with van der Waals surface area (Å²) in [6.45, 7) is 11.7. The first-order chi connectivity index (χ1) is 6.88. The number of aryl methyl sites for hydroxylation is 2. The molecule has 0 amide bonds. The Kier molecular flexibility index (Phi) is 3.78. The summed E-state index contributed by atoms with van der Waals surface area (Å²) in [5, 5.41) is 0. The van der Waals surface area contributed by atoms with Crippen molar-refractivity contribution < 1.29 is 4.74 Å². The van der Waals surface area contributed by atoms with Gasteiger partial charge in [-0.3, -0.25) is 0 Å². The van der Waals surface area contributed by atoms with E-state index >= 15 is 0 Å². The minimum Gasteiger partial charge on any atom is -0.494 e. The van der Waals surface area contributed by atoms with Crippen LogP contribution in [0.2, 0.25) is 0 Å². The van der Waals surface area contributed by atoms with E-state index < -0.39 is 0 Å². The summed E-state index contributed by atoms with van der Waals surface area (Å²) in [7, 11) is 0. The average Bonchev–Trinajstić information content (AvgIpc) is 2.09. The molecule has 0 saturated carbocycles. The molecule has 1 nitrogen and oxygen atoms in total. The minimum atomic E-state index is 0.347. The zero-order valence-electron chi connectivity index (χ0n) is 10.6. The lowest BCUT2D eigenvalue weighted by molar-refractivity contribution is 0.243. The molecule has 1 rings (SSSR count). The Bertz CT molecular complexity index is 321. The van der Waals surface area contributed by atoms with E-state index in [2.05, 4.69) is 46.8 Å². The lowest BCUT2D eigenvalue weighted by Gasteiger charge is -2.18. The van der Waals surface area contributed by atoms with Crippen LogP contribution < -0.4 is 4.74 Å². The third-order valence-electron chi connectivity index (χ3n) is 2.60. The van der Waals surface area contributed by atoms with Gasteiger partial charge in [-0.1, -0.05) is 26.8 Å². The van der Waals surface area contributed by atoms with Crippen molar-refractivity contribution in [2.24, 2.45) is 5.41 Å². The van der Waals surface area contributed by atoms with Gasteiger partial charge in [0.25, 0.3) is 0 Å². The predicted molar refractivity (Wildman–Crippen MR) is 65.5 cm³/mol. The summed E-state index contributed by atoms with van der Waals surface area (Å²) in [6, 6.07) is 6.27. The molecule has 1 heteroatoms. The van der Waals surface area contributed by atoms with Gasteiger partial charge in [0.2, 0.25) is 0 Å². The molecule has 0 fully saturated rings. The van der Waals surface area contributed by atoms with Gasteiger partial charge < -0.3 is 4.74 Å². The average molecular weight is 206 g/mol. The smallest absolute Gasteiger partial charge is 0.119 e. The van der Waals surface area contributed by atoms with Gasteiger partial charge in [0.05, 0.1) is 6.61 Å². The van der Waals surface area contributed by atoms with Crippen molar-refractivity contribution in [2.45, 2.75) is 41.0 Å². The highest BCUT2D eigenvalue weighted by Gasteiger charge is 2.09. The van der Waals surface area contributed by atoms with Crippen LogP contribution >= 0.6 is 0 Å². The molecule has 1 aromatic carbocycles. The lowest BCUT2D eigenvalue weighted by Crippen LogP contribution is -2.11. The van der Waals surface area contributed by atoms with Crippen LogP contribution in [0.25, 0.3) is 0 Å². The van der Waals surface area contributed by atoms with Crippen LogP contribution in [0.5, 0.6) is 5.75 Å². The highest BCUT2D eigenvalue weighted by atomic mass is 16.5. The van der Waals surface area contributed by atoms with E-state index in [1.54, 1.807) is 0 Å². The molecular weight excluding hydrogens is 184 g/mol. The van der Waals surface area contributed by atoms with E-state index in [1.807, 2.05) is 6.07 Å². The Hall–Kier alpha value is -0.980. The molecule has 0 aliphatic rings. The van der Waals surface area contributed by atoms with Gasteiger partial charge in [-0.2, -0.15) is 0 Å². The fourth-order valence-corrected chi connectivity index (χ4v) is 1.28. The minimum absolute atomic E-state index is 0.347. The quantitative estimate of drug-likeness (QED) is 0.723. The molecule has 1 aromatic rings. The van der Waals surface area contributed by atoms with Crippen LogP contribution in [-0.2, 0) is 0 Å². The number of hydrogen-bond acceptors (Lipinski definition) is 1. The monoisotopic (exact) mass is 206 g/mol. The van der Waals surface area contributed by atoms with Crippen LogP contribution in [0.4, 0.5) is 0 Å². The molecule has 0 spiro atoms. The molecule has 0 atom stereocenters. The number of ether oxygens (including phenoxy) is 1. The van der Waals surface area contributed by atoms with Crippen LogP contribution in [0.15, 0.2) is 18.2 Å². The molecule has 0 heterocycles. The topological polar surface area (TPSA) is 9.23 Å². The summed E-state index contributed by atoms with van der Waals surface area (Å²) in [5.41, 5.74) is 2.96. The Balaban J connectivity index is 2.48. The highest BCUT2D eigenvalue weighted by Crippen LogP contribution is 2.20. The number of hydrogen-bond donors (Lipinski definition) is 0. The van der Waals surface area contributed by atoms with Gasteiger partial charge in [-0.25, -0.2) is 0 Å². The highest BCUT2D eigenvalue weighted by molar-refractivity contribution is 5.33.